The molecule has 1 aliphatic carbocycles. The van der Waals surface area contributed by atoms with Crippen LogP contribution in [0.1, 0.15) is 38.2 Å². The fourth-order valence-electron chi connectivity index (χ4n) is 3.46. The van der Waals surface area contributed by atoms with Crippen molar-refractivity contribution < 1.29 is 23.9 Å². The molecule has 8 nitrogen and oxygen atoms in total. The smallest absolute Gasteiger partial charge is 0.344 e. The van der Waals surface area contributed by atoms with Crippen molar-refractivity contribution in [3.05, 3.63) is 48.0 Å². The number of hydrogen-bond acceptors (Lipinski definition) is 5. The summed E-state index contributed by atoms with van der Waals surface area (Å²) in [6, 6.07) is 8.11. The minimum atomic E-state index is -1.24. The van der Waals surface area contributed by atoms with E-state index in [9.17, 15) is 19.2 Å². The molecule has 1 aromatic carbocycles. The lowest BCUT2D eigenvalue weighted by atomic mass is 9.87. The Kier molecular flexibility index (Phi) is 5.77. The summed E-state index contributed by atoms with van der Waals surface area (Å²) in [6.07, 6.45) is 6.30. The number of urea groups is 1. The maximum Gasteiger partial charge on any atom is 0.344 e. The molecule has 2 atom stereocenters. The molecule has 0 spiro atoms. The molecule has 1 aliphatic heterocycles. The van der Waals surface area contributed by atoms with E-state index in [1.54, 1.807) is 31.2 Å². The van der Waals surface area contributed by atoms with Crippen LogP contribution in [-0.4, -0.2) is 35.4 Å². The molecule has 1 saturated heterocycles. The van der Waals surface area contributed by atoms with Crippen LogP contribution in [0.15, 0.2) is 42.5 Å². The van der Waals surface area contributed by atoms with Gasteiger partial charge in [0.15, 0.2) is 6.61 Å². The second kappa shape index (κ2) is 8.24. The second-order valence-corrected chi connectivity index (χ2v) is 6.82. The fourth-order valence-corrected chi connectivity index (χ4v) is 3.46. The summed E-state index contributed by atoms with van der Waals surface area (Å²) in [7, 11) is 0. The van der Waals surface area contributed by atoms with Crippen LogP contribution in [-0.2, 0) is 24.7 Å². The molecule has 0 aromatic heterocycles. The number of nitrogens with zero attached hydrogens (tertiary/aromatic N) is 1. The summed E-state index contributed by atoms with van der Waals surface area (Å²) in [4.78, 5) is 49.4. The third kappa shape index (κ3) is 3.76. The van der Waals surface area contributed by atoms with Crippen LogP contribution in [0.4, 0.5) is 4.79 Å². The lowest BCUT2D eigenvalue weighted by molar-refractivity contribution is -0.154. The first-order valence-electron chi connectivity index (χ1n) is 9.31. The zero-order valence-corrected chi connectivity index (χ0v) is 15.6. The highest BCUT2D eigenvalue weighted by Gasteiger charge is 2.52. The number of nitrogens with one attached hydrogen (secondary N) is 2. The minimum absolute atomic E-state index is 0.264. The van der Waals surface area contributed by atoms with E-state index in [2.05, 4.69) is 10.7 Å². The van der Waals surface area contributed by atoms with Crippen molar-refractivity contribution in [1.29, 1.82) is 0 Å². The Morgan fingerprint density at radius 3 is 2.64 bits per heavy atom. The molecule has 4 amide bonds. The highest BCUT2D eigenvalue weighted by Crippen LogP contribution is 2.31. The first-order valence-corrected chi connectivity index (χ1v) is 9.31. The van der Waals surface area contributed by atoms with Gasteiger partial charge in [-0.1, -0.05) is 49.4 Å². The summed E-state index contributed by atoms with van der Waals surface area (Å²) in [5.74, 6) is -2.05. The zero-order valence-electron chi connectivity index (χ0n) is 15.6. The van der Waals surface area contributed by atoms with Gasteiger partial charge in [-0.05, 0) is 31.2 Å². The quantitative estimate of drug-likeness (QED) is 0.441. The molecule has 28 heavy (non-hydrogen) atoms. The van der Waals surface area contributed by atoms with Crippen molar-refractivity contribution in [2.45, 2.75) is 38.1 Å². The molecule has 1 fully saturated rings. The topological polar surface area (TPSA) is 105 Å². The molecule has 148 valence electrons. The molecule has 1 heterocycles. The number of hydrazine groups is 1. The molecular formula is C20H23N3O5. The van der Waals surface area contributed by atoms with Crippen molar-refractivity contribution in [3.63, 3.8) is 0 Å². The minimum Gasteiger partial charge on any atom is -0.455 e. The van der Waals surface area contributed by atoms with E-state index in [4.69, 9.17) is 4.74 Å². The van der Waals surface area contributed by atoms with Gasteiger partial charge in [0.05, 0.1) is 5.92 Å². The Morgan fingerprint density at radius 1 is 1.25 bits per heavy atom. The number of imide groups is 1. The standard InChI is InChI=1S/C20H23N3O5/c1-2-20(15-11-7-4-8-12-15)18(26)23(19(27)21-20)22-16(24)13-28-17(25)14-9-5-3-6-10-14/h3-5,7-8,11-12,14H,2,6,9-10,13H2,1H3,(H,21,27)(H,22,24)/t14-,20-/m0/s1. The van der Waals surface area contributed by atoms with Crippen molar-refractivity contribution in [2.75, 3.05) is 6.61 Å². The van der Waals surface area contributed by atoms with E-state index < -0.39 is 36.0 Å². The van der Waals surface area contributed by atoms with E-state index in [1.807, 2.05) is 18.2 Å². The van der Waals surface area contributed by atoms with Crippen LogP contribution in [0.2, 0.25) is 0 Å². The molecule has 2 N–H and O–H groups in total. The first-order chi connectivity index (χ1) is 13.5. The number of ether oxygens (including phenoxy) is 1. The third-order valence-electron chi connectivity index (χ3n) is 5.07. The summed E-state index contributed by atoms with van der Waals surface area (Å²) in [5, 5.41) is 3.31. The molecule has 0 radical (unpaired) electrons. The SMILES string of the molecule is CC[C@@]1(c2ccccc2)NC(=O)N(NC(=O)COC(=O)[C@H]2CC=CCC2)C1=O. The summed E-state index contributed by atoms with van der Waals surface area (Å²) in [5.41, 5.74) is 1.63. The van der Waals surface area contributed by atoms with Gasteiger partial charge >= 0.3 is 12.0 Å². The normalized spacial score (nSPS) is 24.0. The average Bonchev–Trinajstić information content (AvgIpc) is 2.98. The lowest BCUT2D eigenvalue weighted by Crippen LogP contribution is -2.49. The summed E-state index contributed by atoms with van der Waals surface area (Å²) in [6.45, 7) is 1.22. The van der Waals surface area contributed by atoms with Gasteiger partial charge in [0.1, 0.15) is 5.54 Å². The maximum atomic E-state index is 12.9. The molecule has 0 unspecified atom stereocenters. The van der Waals surface area contributed by atoms with Gasteiger partial charge in [-0.2, -0.15) is 5.01 Å². The van der Waals surface area contributed by atoms with Gasteiger partial charge in [0.25, 0.3) is 11.8 Å². The van der Waals surface area contributed by atoms with Crippen molar-refractivity contribution in [1.82, 2.24) is 15.8 Å². The summed E-state index contributed by atoms with van der Waals surface area (Å²) >= 11 is 0. The van der Waals surface area contributed by atoms with Crippen molar-refractivity contribution >= 4 is 23.8 Å². The van der Waals surface area contributed by atoms with Gasteiger partial charge in [0.2, 0.25) is 0 Å². The van der Waals surface area contributed by atoms with Crippen LogP contribution < -0.4 is 10.7 Å². The van der Waals surface area contributed by atoms with Gasteiger partial charge in [-0.25, -0.2) is 4.79 Å². The Balaban J connectivity index is 1.61. The number of carbonyl (C=O) groups is 4. The highest BCUT2D eigenvalue weighted by molar-refractivity contribution is 6.08. The predicted octanol–water partition coefficient (Wildman–Crippen LogP) is 1.77. The highest BCUT2D eigenvalue weighted by atomic mass is 16.5. The molecule has 3 rings (SSSR count). The number of allylic oxidation sites excluding steroid dienone is 2. The van der Waals surface area contributed by atoms with Crippen LogP contribution >= 0.6 is 0 Å². The molecule has 0 saturated carbocycles. The van der Waals surface area contributed by atoms with E-state index in [-0.39, 0.29) is 5.92 Å². The van der Waals surface area contributed by atoms with E-state index in [0.29, 0.717) is 29.8 Å². The second-order valence-electron chi connectivity index (χ2n) is 6.82. The van der Waals surface area contributed by atoms with Gasteiger partial charge in [-0.3, -0.25) is 19.8 Å². The number of hydrogen-bond donors (Lipinski definition) is 2. The van der Waals surface area contributed by atoms with Crippen LogP contribution in [0, 0.1) is 5.92 Å². The molecule has 8 heteroatoms. The molecule has 2 aliphatic rings. The van der Waals surface area contributed by atoms with Crippen molar-refractivity contribution in [2.24, 2.45) is 5.92 Å². The largest absolute Gasteiger partial charge is 0.455 e. The Morgan fingerprint density at radius 2 is 2.00 bits per heavy atom. The zero-order chi connectivity index (χ0) is 20.1. The van der Waals surface area contributed by atoms with Crippen LogP contribution in [0.25, 0.3) is 0 Å². The number of esters is 1. The third-order valence-corrected chi connectivity index (χ3v) is 5.07. The monoisotopic (exact) mass is 385 g/mol. The average molecular weight is 385 g/mol. The van der Waals surface area contributed by atoms with Gasteiger partial charge < -0.3 is 10.1 Å². The Labute approximate surface area is 162 Å². The van der Waals surface area contributed by atoms with Crippen molar-refractivity contribution in [3.8, 4) is 0 Å². The molecule has 1 aromatic rings. The number of amides is 4. The number of rotatable bonds is 6. The van der Waals surface area contributed by atoms with E-state index >= 15 is 0 Å². The fraction of sp³-hybridized carbons (Fsp3) is 0.400. The number of benzene rings is 1. The van der Waals surface area contributed by atoms with Gasteiger partial charge in [-0.15, -0.1) is 0 Å². The van der Waals surface area contributed by atoms with E-state index in [0.717, 1.165) is 6.42 Å². The number of carbonyl (C=O) groups excluding carboxylic acids is 4. The first kappa shape index (κ1) is 19.6. The summed E-state index contributed by atoms with van der Waals surface area (Å²) < 4.78 is 5.03. The maximum absolute atomic E-state index is 12.9. The molecular weight excluding hydrogens is 362 g/mol. The lowest BCUT2D eigenvalue weighted by Gasteiger charge is -2.25. The van der Waals surface area contributed by atoms with Crippen LogP contribution in [0.5, 0.6) is 0 Å². The Hall–Kier alpha value is -3.16. The van der Waals surface area contributed by atoms with Crippen LogP contribution in [0.3, 0.4) is 0 Å². The predicted molar refractivity (Wildman–Crippen MR) is 99.4 cm³/mol. The van der Waals surface area contributed by atoms with E-state index in [1.165, 1.54) is 0 Å². The molecule has 0 bridgehead atoms. The Bertz CT molecular complexity index is 807. The van der Waals surface area contributed by atoms with Gasteiger partial charge in [0, 0.05) is 0 Å².